The van der Waals surface area contributed by atoms with Gasteiger partial charge in [0.25, 0.3) is 0 Å². The molecule has 92 valence electrons. The smallest absolute Gasteiger partial charge is 0.320 e. The Bertz CT molecular complexity index is 439. The van der Waals surface area contributed by atoms with E-state index in [9.17, 15) is 9.18 Å². The van der Waals surface area contributed by atoms with Gasteiger partial charge in [0.2, 0.25) is 0 Å². The standard InChI is InChI=1S/C12H13BrFNO2/c13-9-4-1-3-8(11(9)14)7-15-6-2-5-10(15)12(16)17/h1,3-4,10H,2,5-7H2,(H,16,17). The molecule has 1 aromatic rings. The molecule has 0 spiro atoms. The Morgan fingerprint density at radius 3 is 3.06 bits per heavy atom. The van der Waals surface area contributed by atoms with Crippen LogP contribution >= 0.6 is 15.9 Å². The van der Waals surface area contributed by atoms with Crippen LogP contribution in [0.5, 0.6) is 0 Å². The van der Waals surface area contributed by atoms with Crippen LogP contribution in [0.4, 0.5) is 4.39 Å². The van der Waals surface area contributed by atoms with Crippen LogP contribution in [0.1, 0.15) is 18.4 Å². The molecule has 3 nitrogen and oxygen atoms in total. The van der Waals surface area contributed by atoms with E-state index in [1.807, 2.05) is 4.90 Å². The fourth-order valence-corrected chi connectivity index (χ4v) is 2.59. The zero-order valence-corrected chi connectivity index (χ0v) is 10.8. The number of carbonyl (C=O) groups is 1. The lowest BCUT2D eigenvalue weighted by atomic mass is 10.1. The van der Waals surface area contributed by atoms with Gasteiger partial charge in [-0.15, -0.1) is 0 Å². The predicted molar refractivity (Wildman–Crippen MR) is 65.2 cm³/mol. The average molecular weight is 302 g/mol. The fourth-order valence-electron chi connectivity index (χ4n) is 2.18. The molecule has 1 aliphatic heterocycles. The molecule has 0 amide bonds. The van der Waals surface area contributed by atoms with Crippen LogP contribution in [0.3, 0.4) is 0 Å². The van der Waals surface area contributed by atoms with E-state index < -0.39 is 12.0 Å². The van der Waals surface area contributed by atoms with E-state index in [-0.39, 0.29) is 5.82 Å². The van der Waals surface area contributed by atoms with Crippen LogP contribution in [0.15, 0.2) is 22.7 Å². The number of nitrogens with zero attached hydrogens (tertiary/aromatic N) is 1. The highest BCUT2D eigenvalue weighted by atomic mass is 79.9. The molecular formula is C12H13BrFNO2. The minimum atomic E-state index is -0.821. The van der Waals surface area contributed by atoms with Crippen molar-refractivity contribution in [3.8, 4) is 0 Å². The van der Waals surface area contributed by atoms with Crippen molar-refractivity contribution >= 4 is 21.9 Å². The number of likely N-dealkylation sites (tertiary alicyclic amines) is 1. The maximum atomic E-state index is 13.8. The second kappa shape index (κ2) is 5.14. The molecule has 0 aliphatic carbocycles. The van der Waals surface area contributed by atoms with Gasteiger partial charge >= 0.3 is 5.97 Å². The summed E-state index contributed by atoms with van der Waals surface area (Å²) in [4.78, 5) is 12.8. The quantitative estimate of drug-likeness (QED) is 0.933. The maximum Gasteiger partial charge on any atom is 0.320 e. The van der Waals surface area contributed by atoms with Crippen LogP contribution in [-0.2, 0) is 11.3 Å². The minimum absolute atomic E-state index is 0.302. The van der Waals surface area contributed by atoms with Gasteiger partial charge in [-0.2, -0.15) is 0 Å². The van der Waals surface area contributed by atoms with Crippen molar-refractivity contribution in [2.45, 2.75) is 25.4 Å². The maximum absolute atomic E-state index is 13.8. The summed E-state index contributed by atoms with van der Waals surface area (Å²) in [5, 5.41) is 9.04. The van der Waals surface area contributed by atoms with Crippen molar-refractivity contribution in [3.05, 3.63) is 34.1 Å². The summed E-state index contributed by atoms with van der Waals surface area (Å²) in [5.74, 6) is -1.12. The number of carboxylic acids is 1. The number of benzene rings is 1. The van der Waals surface area contributed by atoms with Crippen molar-refractivity contribution in [3.63, 3.8) is 0 Å². The SMILES string of the molecule is O=C(O)C1CCCN1Cc1cccc(Br)c1F. The van der Waals surface area contributed by atoms with E-state index in [2.05, 4.69) is 15.9 Å². The first-order chi connectivity index (χ1) is 8.09. The Labute approximate surface area is 107 Å². The summed E-state index contributed by atoms with van der Waals surface area (Å²) in [7, 11) is 0. The molecule has 2 rings (SSSR count). The normalized spacial score (nSPS) is 20.7. The lowest BCUT2D eigenvalue weighted by molar-refractivity contribution is -0.142. The lowest BCUT2D eigenvalue weighted by Crippen LogP contribution is -2.35. The summed E-state index contributed by atoms with van der Waals surface area (Å²) in [6.07, 6.45) is 1.50. The zero-order chi connectivity index (χ0) is 12.4. The topological polar surface area (TPSA) is 40.5 Å². The van der Waals surface area contributed by atoms with Crippen LogP contribution in [0.25, 0.3) is 0 Å². The van der Waals surface area contributed by atoms with E-state index in [4.69, 9.17) is 5.11 Å². The molecule has 5 heteroatoms. The average Bonchev–Trinajstić information content (AvgIpc) is 2.73. The fraction of sp³-hybridized carbons (Fsp3) is 0.417. The van der Waals surface area contributed by atoms with E-state index in [0.717, 1.165) is 6.42 Å². The molecule has 0 bridgehead atoms. The summed E-state index contributed by atoms with van der Waals surface area (Å²) >= 11 is 3.13. The highest BCUT2D eigenvalue weighted by molar-refractivity contribution is 9.10. The number of rotatable bonds is 3. The van der Waals surface area contributed by atoms with Gasteiger partial charge in [-0.3, -0.25) is 9.69 Å². The molecule has 0 saturated carbocycles. The predicted octanol–water partition coefficient (Wildman–Crippen LogP) is 2.64. The second-order valence-electron chi connectivity index (χ2n) is 4.18. The minimum Gasteiger partial charge on any atom is -0.480 e. The molecule has 1 fully saturated rings. The van der Waals surface area contributed by atoms with Crippen LogP contribution < -0.4 is 0 Å². The largest absolute Gasteiger partial charge is 0.480 e. The number of aliphatic carboxylic acids is 1. The molecule has 0 radical (unpaired) electrons. The summed E-state index contributed by atoms with van der Waals surface area (Å²) in [5.41, 5.74) is 0.535. The van der Waals surface area contributed by atoms with Gasteiger partial charge in [-0.25, -0.2) is 4.39 Å². The van der Waals surface area contributed by atoms with Gasteiger partial charge < -0.3 is 5.11 Å². The molecule has 1 aliphatic rings. The van der Waals surface area contributed by atoms with Crippen LogP contribution in [0, 0.1) is 5.82 Å². The van der Waals surface area contributed by atoms with Gasteiger partial charge in [0.15, 0.2) is 0 Å². The Hall–Kier alpha value is -0.940. The van der Waals surface area contributed by atoms with Gasteiger partial charge in [0.05, 0.1) is 4.47 Å². The second-order valence-corrected chi connectivity index (χ2v) is 5.03. The number of hydrogen-bond acceptors (Lipinski definition) is 2. The van der Waals surface area contributed by atoms with Crippen molar-refractivity contribution in [2.24, 2.45) is 0 Å². The summed E-state index contributed by atoms with van der Waals surface area (Å²) in [6, 6.07) is 4.61. The van der Waals surface area contributed by atoms with Crippen molar-refractivity contribution in [2.75, 3.05) is 6.54 Å². The molecule has 0 aromatic heterocycles. The van der Waals surface area contributed by atoms with Gasteiger partial charge in [0, 0.05) is 12.1 Å². The Morgan fingerprint density at radius 1 is 1.59 bits per heavy atom. The molecular weight excluding hydrogens is 289 g/mol. The molecule has 1 aromatic carbocycles. The van der Waals surface area contributed by atoms with Crippen molar-refractivity contribution < 1.29 is 14.3 Å². The van der Waals surface area contributed by atoms with E-state index in [1.54, 1.807) is 18.2 Å². The van der Waals surface area contributed by atoms with Gasteiger partial charge in [-0.05, 0) is 41.4 Å². The summed E-state index contributed by atoms with van der Waals surface area (Å²) < 4.78 is 14.2. The third-order valence-electron chi connectivity index (χ3n) is 3.05. The van der Waals surface area contributed by atoms with E-state index in [1.165, 1.54) is 0 Å². The van der Waals surface area contributed by atoms with Crippen molar-refractivity contribution in [1.82, 2.24) is 4.90 Å². The highest BCUT2D eigenvalue weighted by Crippen LogP contribution is 2.24. The molecule has 1 N–H and O–H groups in total. The van der Waals surface area contributed by atoms with Crippen LogP contribution in [0.2, 0.25) is 0 Å². The Balaban J connectivity index is 2.15. The first-order valence-corrected chi connectivity index (χ1v) is 6.28. The van der Waals surface area contributed by atoms with E-state index in [0.29, 0.717) is 29.5 Å². The molecule has 1 heterocycles. The van der Waals surface area contributed by atoms with Crippen LogP contribution in [-0.4, -0.2) is 28.6 Å². The third-order valence-corrected chi connectivity index (χ3v) is 3.67. The molecule has 17 heavy (non-hydrogen) atoms. The lowest BCUT2D eigenvalue weighted by Gasteiger charge is -2.21. The van der Waals surface area contributed by atoms with Gasteiger partial charge in [-0.1, -0.05) is 12.1 Å². The number of carboxylic acid groups (broad SMARTS) is 1. The number of hydrogen-bond donors (Lipinski definition) is 1. The molecule has 1 atom stereocenters. The third kappa shape index (κ3) is 2.66. The molecule has 1 unspecified atom stereocenters. The first-order valence-electron chi connectivity index (χ1n) is 5.49. The van der Waals surface area contributed by atoms with Gasteiger partial charge in [0.1, 0.15) is 11.9 Å². The first kappa shape index (κ1) is 12.5. The van der Waals surface area contributed by atoms with E-state index >= 15 is 0 Å². The molecule has 1 saturated heterocycles. The zero-order valence-electron chi connectivity index (χ0n) is 9.20. The summed E-state index contributed by atoms with van der Waals surface area (Å²) in [6.45, 7) is 1.06. The number of halogens is 2. The highest BCUT2D eigenvalue weighted by Gasteiger charge is 2.30. The Kier molecular flexibility index (Phi) is 3.79. The monoisotopic (exact) mass is 301 g/mol. The Morgan fingerprint density at radius 2 is 2.35 bits per heavy atom. The van der Waals surface area contributed by atoms with Crippen molar-refractivity contribution in [1.29, 1.82) is 0 Å².